The molecular weight excluding hydrogens is 1390 g/mol. The minimum atomic E-state index is -0.710. The zero-order valence-corrected chi connectivity index (χ0v) is 62.7. The van der Waals surface area contributed by atoms with Gasteiger partial charge in [-0.15, -0.1) is 0 Å². The highest BCUT2D eigenvalue weighted by molar-refractivity contribution is 7.99. The maximum absolute atomic E-state index is 2.54. The highest BCUT2D eigenvalue weighted by Gasteiger charge is 2.53. The van der Waals surface area contributed by atoms with Gasteiger partial charge in [-0.1, -0.05) is 266 Å². The van der Waals surface area contributed by atoms with E-state index in [1.807, 2.05) is 23.5 Å². The summed E-state index contributed by atoms with van der Waals surface area (Å²) in [5, 5.41) is 4.86. The summed E-state index contributed by atoms with van der Waals surface area (Å²) in [6, 6.07) is 158. The largest absolute Gasteiger partial charge is 0.310 e. The Bertz CT molecular complexity index is 6580. The molecule has 22 rings (SSSR count). The van der Waals surface area contributed by atoms with E-state index in [1.54, 1.807) is 0 Å². The fourth-order valence-electron chi connectivity index (χ4n) is 18.7. The molecule has 6 heteroatoms. The lowest BCUT2D eigenvalue weighted by molar-refractivity contribution is 0.724. The summed E-state index contributed by atoms with van der Waals surface area (Å²) >= 11 is 3.79. The molecule has 2 aliphatic carbocycles. The van der Waals surface area contributed by atoms with Crippen LogP contribution in [0, 0.1) is 0 Å². The van der Waals surface area contributed by atoms with E-state index < -0.39 is 10.8 Å². The summed E-state index contributed by atoms with van der Waals surface area (Å²) in [6.07, 6.45) is 0. The first-order chi connectivity index (χ1) is 55.5. The van der Waals surface area contributed by atoms with Gasteiger partial charge in [-0.2, -0.15) is 0 Å². The van der Waals surface area contributed by atoms with E-state index in [2.05, 4.69) is 444 Å². The Hall–Kier alpha value is -13.6. The summed E-state index contributed by atoms with van der Waals surface area (Å²) in [5.41, 5.74) is 29.2. The van der Waals surface area contributed by atoms with Crippen molar-refractivity contribution in [3.63, 3.8) is 0 Å². The molecule has 4 nitrogen and oxygen atoms in total. The van der Waals surface area contributed by atoms with E-state index in [9.17, 15) is 0 Å². The molecule has 112 heavy (non-hydrogen) atoms. The molecule has 0 amide bonds. The molecule has 4 aliphatic rings. The van der Waals surface area contributed by atoms with Gasteiger partial charge in [-0.05, 0) is 281 Å². The van der Waals surface area contributed by atoms with Gasteiger partial charge in [0.25, 0.3) is 0 Å². The molecule has 0 fully saturated rings. The van der Waals surface area contributed by atoms with Gasteiger partial charge >= 0.3 is 0 Å². The molecule has 2 aliphatic heterocycles. The summed E-state index contributed by atoms with van der Waals surface area (Å²) in [4.78, 5) is 14.7. The second-order valence-corrected chi connectivity index (χ2v) is 31.6. The lowest BCUT2D eigenvalue weighted by Gasteiger charge is -2.41. The number of nitrogens with zero attached hydrogens (tertiary/aromatic N) is 4. The van der Waals surface area contributed by atoms with Crippen LogP contribution < -0.4 is 19.6 Å². The van der Waals surface area contributed by atoms with Crippen molar-refractivity contribution in [3.05, 3.63) is 469 Å². The maximum Gasteiger partial charge on any atom is 0.0737 e. The molecule has 2 spiro atoms. The highest BCUT2D eigenvalue weighted by atomic mass is 32.2. The van der Waals surface area contributed by atoms with E-state index in [0.717, 1.165) is 73.8 Å². The zero-order chi connectivity index (χ0) is 73.9. The second-order valence-electron chi connectivity index (χ2n) is 29.4. The van der Waals surface area contributed by atoms with Gasteiger partial charge in [0.2, 0.25) is 0 Å². The summed E-state index contributed by atoms with van der Waals surface area (Å²) in [5.74, 6) is 0. The minimum Gasteiger partial charge on any atom is -0.310 e. The van der Waals surface area contributed by atoms with Crippen LogP contribution >= 0.6 is 23.5 Å². The molecule has 18 aromatic carbocycles. The highest BCUT2D eigenvalue weighted by Crippen LogP contribution is 2.67. The molecule has 2 heterocycles. The van der Waals surface area contributed by atoms with Gasteiger partial charge in [0.05, 0.1) is 10.8 Å². The standard InChI is InChI=1S/C106H70N4S2/c1-8-32-75(33-9-1)107(76-34-10-2-11-35-76)83-56-60-95-92(66-83)89-47-25-27-50-94(89)105(95)98-64-74-31-28-48-87(91(74)70-104(98)112-101-61-57-85(68-99(101)105)108(77-36-12-3-13-37-77)78-38-14-4-15-39-78)71-51-53-82(54-52-71)110(81-44-20-7-21-45-81)84-55-59-90-88-46-24-26-49-93(88)106(96(90)67-84)97-63-72-29-22-23-30-73(72)65-103(97)111-102-62-58-86(69-100(102)106)109(79-40-16-5-17-41-79)80-42-18-6-19-43-80/h1-70H. The van der Waals surface area contributed by atoms with Gasteiger partial charge in [-0.25, -0.2) is 0 Å². The zero-order valence-electron chi connectivity index (χ0n) is 61.0. The predicted octanol–water partition coefficient (Wildman–Crippen LogP) is 29.2. The SMILES string of the molecule is c1ccc(N(c2ccccc2)c2ccc3c(c2)-c2ccccc2C32c3cc(N(c4ccccc4)c4ccccc4)ccc3Sc3cc4c(-c5ccc(N(c6ccccc6)c6ccc7c(c6)C6(c8cc(N(c9ccccc9)c9ccccc9)ccc8Sc8cc9ccccc9cc86)c6ccccc6-7)cc5)cccc4cc32)cc1. The van der Waals surface area contributed by atoms with Crippen LogP contribution in [0.25, 0.3) is 54.9 Å². The van der Waals surface area contributed by atoms with Crippen molar-refractivity contribution in [1.82, 2.24) is 0 Å². The first kappa shape index (κ1) is 65.5. The molecule has 0 radical (unpaired) electrons. The van der Waals surface area contributed by atoms with Crippen LogP contribution in [0.1, 0.15) is 44.5 Å². The van der Waals surface area contributed by atoms with Gasteiger partial charge in [0.15, 0.2) is 0 Å². The fraction of sp³-hybridized carbons (Fsp3) is 0.0189. The Balaban J connectivity index is 0.700. The van der Waals surface area contributed by atoms with Crippen molar-refractivity contribution in [3.8, 4) is 33.4 Å². The second kappa shape index (κ2) is 26.6. The Morgan fingerprint density at radius 3 is 0.938 bits per heavy atom. The van der Waals surface area contributed by atoms with Crippen LogP contribution in [0.2, 0.25) is 0 Å². The monoisotopic (exact) mass is 1460 g/mol. The third kappa shape index (κ3) is 10.3. The molecule has 0 aromatic heterocycles. The van der Waals surface area contributed by atoms with Crippen molar-refractivity contribution >= 4 is 113 Å². The lowest BCUT2D eigenvalue weighted by Crippen LogP contribution is -2.32. The Morgan fingerprint density at radius 2 is 0.464 bits per heavy atom. The van der Waals surface area contributed by atoms with Crippen molar-refractivity contribution in [2.45, 2.75) is 30.4 Å². The Kier molecular flexibility index (Phi) is 15.6. The van der Waals surface area contributed by atoms with Crippen LogP contribution in [0.4, 0.5) is 68.2 Å². The van der Waals surface area contributed by atoms with Crippen LogP contribution in [-0.4, -0.2) is 0 Å². The van der Waals surface area contributed by atoms with Crippen molar-refractivity contribution in [2.75, 3.05) is 19.6 Å². The molecule has 526 valence electrons. The molecule has 0 saturated carbocycles. The van der Waals surface area contributed by atoms with Crippen molar-refractivity contribution < 1.29 is 0 Å². The average Bonchev–Trinajstić information content (AvgIpc) is 1.50. The van der Waals surface area contributed by atoms with E-state index in [0.29, 0.717) is 0 Å². The summed E-state index contributed by atoms with van der Waals surface area (Å²) in [6.45, 7) is 0. The smallest absolute Gasteiger partial charge is 0.0737 e. The Morgan fingerprint density at radius 1 is 0.161 bits per heavy atom. The number of fused-ring (bicyclic) bond motifs is 20. The van der Waals surface area contributed by atoms with E-state index >= 15 is 0 Å². The molecule has 2 unspecified atom stereocenters. The third-order valence-electron chi connectivity index (χ3n) is 23.4. The number of benzene rings is 18. The van der Waals surface area contributed by atoms with Gasteiger partial charge in [0, 0.05) is 87.8 Å². The lowest BCUT2D eigenvalue weighted by atomic mass is 9.67. The molecule has 18 aromatic rings. The van der Waals surface area contributed by atoms with Crippen molar-refractivity contribution in [1.29, 1.82) is 0 Å². The van der Waals surface area contributed by atoms with E-state index in [-0.39, 0.29) is 0 Å². The first-order valence-electron chi connectivity index (χ1n) is 38.4. The third-order valence-corrected chi connectivity index (χ3v) is 25.7. The summed E-state index contributed by atoms with van der Waals surface area (Å²) in [7, 11) is 0. The van der Waals surface area contributed by atoms with Crippen LogP contribution in [-0.2, 0) is 10.8 Å². The Labute approximate surface area is 661 Å². The predicted molar refractivity (Wildman–Crippen MR) is 468 cm³/mol. The first-order valence-corrected chi connectivity index (χ1v) is 40.1. The van der Waals surface area contributed by atoms with Crippen molar-refractivity contribution in [2.24, 2.45) is 0 Å². The molecule has 0 saturated heterocycles. The van der Waals surface area contributed by atoms with E-state index in [1.165, 1.54) is 113 Å². The number of rotatable bonds is 13. The molecular formula is C106H70N4S2. The fourth-order valence-corrected chi connectivity index (χ4v) is 21.1. The quantitative estimate of drug-likeness (QED) is 0.113. The van der Waals surface area contributed by atoms with Crippen LogP contribution in [0.15, 0.2) is 444 Å². The average molecular weight is 1460 g/mol. The van der Waals surface area contributed by atoms with Crippen LogP contribution in [0.3, 0.4) is 0 Å². The summed E-state index contributed by atoms with van der Waals surface area (Å²) < 4.78 is 0. The minimum absolute atomic E-state index is 0.702. The topological polar surface area (TPSA) is 13.0 Å². The van der Waals surface area contributed by atoms with Gasteiger partial charge in [0.1, 0.15) is 0 Å². The van der Waals surface area contributed by atoms with Crippen LogP contribution in [0.5, 0.6) is 0 Å². The maximum atomic E-state index is 2.54. The number of anilines is 12. The van der Waals surface area contributed by atoms with Gasteiger partial charge < -0.3 is 19.6 Å². The molecule has 0 bridgehead atoms. The normalized spacial score (nSPS) is 15.0. The van der Waals surface area contributed by atoms with Gasteiger partial charge in [-0.3, -0.25) is 0 Å². The number of hydrogen-bond donors (Lipinski definition) is 0. The number of para-hydroxylation sites is 7. The molecule has 0 N–H and O–H groups in total. The van der Waals surface area contributed by atoms with E-state index in [4.69, 9.17) is 0 Å². The number of hydrogen-bond acceptors (Lipinski definition) is 6. The molecule has 2 atom stereocenters.